The Labute approximate surface area is 111 Å². The second-order valence-corrected chi connectivity index (χ2v) is 5.10. The molecule has 1 aromatic carbocycles. The highest BCUT2D eigenvalue weighted by atomic mass is 35.5. The van der Waals surface area contributed by atoms with Gasteiger partial charge in [-0.3, -0.25) is 4.79 Å². The van der Waals surface area contributed by atoms with E-state index in [0.29, 0.717) is 16.0 Å². The van der Waals surface area contributed by atoms with Gasteiger partial charge in [-0.1, -0.05) is 23.2 Å². The number of hydrogen-bond acceptors (Lipinski definition) is 1. The van der Waals surface area contributed by atoms with E-state index in [0.717, 1.165) is 12.1 Å². The van der Waals surface area contributed by atoms with E-state index in [1.165, 1.54) is 18.9 Å². The second-order valence-electron chi connectivity index (χ2n) is 4.22. The second kappa shape index (κ2) is 5.56. The van der Waals surface area contributed by atoms with Gasteiger partial charge in [0.2, 0.25) is 5.91 Å². The molecule has 1 aliphatic rings. The van der Waals surface area contributed by atoms with Gasteiger partial charge in [0.05, 0.1) is 0 Å². The molecule has 1 saturated carbocycles. The van der Waals surface area contributed by atoms with E-state index in [9.17, 15) is 4.79 Å². The van der Waals surface area contributed by atoms with Gasteiger partial charge in [0.15, 0.2) is 0 Å². The molecule has 1 fully saturated rings. The Hall–Kier alpha value is -0.990. The molecule has 0 aromatic heterocycles. The van der Waals surface area contributed by atoms with Crippen LogP contribution in [0, 0.1) is 5.92 Å². The van der Waals surface area contributed by atoms with Crippen LogP contribution in [0.15, 0.2) is 24.3 Å². The lowest BCUT2D eigenvalue weighted by atomic mass is 10.2. The van der Waals surface area contributed by atoms with Crippen LogP contribution in [-0.4, -0.2) is 12.5 Å². The fourth-order valence-electron chi connectivity index (χ4n) is 1.47. The summed E-state index contributed by atoms with van der Waals surface area (Å²) < 4.78 is 0. The molecule has 0 radical (unpaired) electrons. The molecular weight excluding hydrogens is 257 g/mol. The van der Waals surface area contributed by atoms with E-state index >= 15 is 0 Å². The Kier molecular flexibility index (Phi) is 4.08. The third-order valence-electron chi connectivity index (χ3n) is 2.57. The Bertz CT molecular complexity index is 432. The van der Waals surface area contributed by atoms with Crippen LogP contribution in [0.5, 0.6) is 0 Å². The molecule has 1 N–H and O–H groups in total. The third-order valence-corrected chi connectivity index (χ3v) is 3.01. The predicted octanol–water partition coefficient (Wildman–Crippen LogP) is 3.53. The van der Waals surface area contributed by atoms with Gasteiger partial charge in [-0.15, -0.1) is 0 Å². The van der Waals surface area contributed by atoms with E-state index < -0.39 is 0 Å². The quantitative estimate of drug-likeness (QED) is 0.833. The van der Waals surface area contributed by atoms with Gasteiger partial charge >= 0.3 is 0 Å². The maximum absolute atomic E-state index is 11.5. The van der Waals surface area contributed by atoms with E-state index in [2.05, 4.69) is 5.32 Å². The number of halogens is 2. The van der Waals surface area contributed by atoms with Crippen LogP contribution in [-0.2, 0) is 4.79 Å². The maximum Gasteiger partial charge on any atom is 0.244 e. The zero-order chi connectivity index (χ0) is 12.3. The molecule has 2 rings (SSSR count). The van der Waals surface area contributed by atoms with Gasteiger partial charge in [-0.2, -0.15) is 0 Å². The lowest BCUT2D eigenvalue weighted by Crippen LogP contribution is -2.23. The van der Waals surface area contributed by atoms with Crippen molar-refractivity contribution in [3.05, 3.63) is 39.9 Å². The Morgan fingerprint density at radius 3 is 2.53 bits per heavy atom. The van der Waals surface area contributed by atoms with Crippen molar-refractivity contribution in [2.75, 3.05) is 6.54 Å². The summed E-state index contributed by atoms with van der Waals surface area (Å²) in [5.74, 6) is 0.612. The molecule has 4 heteroatoms. The van der Waals surface area contributed by atoms with E-state index in [-0.39, 0.29) is 5.91 Å². The van der Waals surface area contributed by atoms with Crippen molar-refractivity contribution in [3.8, 4) is 0 Å². The minimum absolute atomic E-state index is 0.0759. The summed E-state index contributed by atoms with van der Waals surface area (Å²) in [5.41, 5.74) is 0.823. The highest BCUT2D eigenvalue weighted by Gasteiger charge is 2.20. The van der Waals surface area contributed by atoms with Crippen LogP contribution in [0.25, 0.3) is 6.08 Å². The lowest BCUT2D eigenvalue weighted by molar-refractivity contribution is -0.116. The molecule has 0 saturated heterocycles. The smallest absolute Gasteiger partial charge is 0.244 e. The predicted molar refractivity (Wildman–Crippen MR) is 71.2 cm³/mol. The van der Waals surface area contributed by atoms with Crippen molar-refractivity contribution < 1.29 is 4.79 Å². The zero-order valence-corrected chi connectivity index (χ0v) is 10.8. The summed E-state index contributed by atoms with van der Waals surface area (Å²) >= 11 is 11.7. The molecule has 0 bridgehead atoms. The molecule has 1 aromatic rings. The first-order chi connectivity index (χ1) is 8.13. The van der Waals surface area contributed by atoms with Crippen molar-refractivity contribution in [1.82, 2.24) is 5.32 Å². The summed E-state index contributed by atoms with van der Waals surface area (Å²) in [6, 6.07) is 5.18. The molecule has 0 unspecified atom stereocenters. The van der Waals surface area contributed by atoms with Crippen molar-refractivity contribution in [1.29, 1.82) is 0 Å². The minimum atomic E-state index is -0.0759. The first kappa shape index (κ1) is 12.5. The van der Waals surface area contributed by atoms with Crippen LogP contribution in [0.4, 0.5) is 0 Å². The molecular formula is C13H13Cl2NO. The first-order valence-electron chi connectivity index (χ1n) is 5.55. The SMILES string of the molecule is O=C(C=Cc1cc(Cl)cc(Cl)c1)NCC1CC1. The minimum Gasteiger partial charge on any atom is -0.352 e. The molecule has 1 amide bonds. The normalized spacial score (nSPS) is 15.2. The molecule has 0 spiro atoms. The summed E-state index contributed by atoms with van der Waals surface area (Å²) in [5, 5.41) is 3.98. The van der Waals surface area contributed by atoms with Gasteiger partial charge in [-0.05, 0) is 48.6 Å². The highest BCUT2D eigenvalue weighted by Crippen LogP contribution is 2.27. The maximum atomic E-state index is 11.5. The number of hydrogen-bond donors (Lipinski definition) is 1. The summed E-state index contributed by atoms with van der Waals surface area (Å²) in [4.78, 5) is 11.5. The number of carbonyl (C=O) groups excluding carboxylic acids is 1. The number of rotatable bonds is 4. The number of benzene rings is 1. The van der Waals surface area contributed by atoms with Crippen LogP contribution in [0.3, 0.4) is 0 Å². The Morgan fingerprint density at radius 2 is 1.94 bits per heavy atom. The number of nitrogens with one attached hydrogen (secondary N) is 1. The number of carbonyl (C=O) groups is 1. The van der Waals surface area contributed by atoms with E-state index in [1.807, 2.05) is 0 Å². The molecule has 0 heterocycles. The molecule has 2 nitrogen and oxygen atoms in total. The van der Waals surface area contributed by atoms with Gasteiger partial charge in [0.1, 0.15) is 0 Å². The lowest BCUT2D eigenvalue weighted by Gasteiger charge is -1.99. The summed E-state index contributed by atoms with van der Waals surface area (Å²) in [6.07, 6.45) is 5.67. The van der Waals surface area contributed by atoms with Crippen LogP contribution >= 0.6 is 23.2 Å². The van der Waals surface area contributed by atoms with Crippen LogP contribution in [0.1, 0.15) is 18.4 Å². The van der Waals surface area contributed by atoms with Gasteiger partial charge in [-0.25, -0.2) is 0 Å². The Morgan fingerprint density at radius 1 is 1.29 bits per heavy atom. The third kappa shape index (κ3) is 4.41. The van der Waals surface area contributed by atoms with E-state index in [1.54, 1.807) is 24.3 Å². The van der Waals surface area contributed by atoms with E-state index in [4.69, 9.17) is 23.2 Å². The highest BCUT2D eigenvalue weighted by molar-refractivity contribution is 6.34. The Balaban J connectivity index is 1.91. The monoisotopic (exact) mass is 269 g/mol. The summed E-state index contributed by atoms with van der Waals surface area (Å²) in [6.45, 7) is 0.777. The standard InChI is InChI=1S/C13H13Cl2NO/c14-11-5-10(6-12(15)7-11)3-4-13(17)16-8-9-1-2-9/h3-7,9H,1-2,8H2,(H,16,17). The van der Waals surface area contributed by atoms with Gasteiger partial charge in [0, 0.05) is 22.7 Å². The van der Waals surface area contributed by atoms with Gasteiger partial charge < -0.3 is 5.32 Å². The summed E-state index contributed by atoms with van der Waals surface area (Å²) in [7, 11) is 0. The molecule has 90 valence electrons. The van der Waals surface area contributed by atoms with Crippen LogP contribution in [0.2, 0.25) is 10.0 Å². The molecule has 17 heavy (non-hydrogen) atoms. The van der Waals surface area contributed by atoms with Crippen molar-refractivity contribution in [2.45, 2.75) is 12.8 Å². The van der Waals surface area contributed by atoms with Crippen molar-refractivity contribution in [2.24, 2.45) is 5.92 Å². The largest absolute Gasteiger partial charge is 0.352 e. The first-order valence-corrected chi connectivity index (χ1v) is 6.31. The fourth-order valence-corrected chi connectivity index (χ4v) is 2.01. The zero-order valence-electron chi connectivity index (χ0n) is 9.25. The van der Waals surface area contributed by atoms with Crippen LogP contribution < -0.4 is 5.32 Å². The van der Waals surface area contributed by atoms with Crippen molar-refractivity contribution >= 4 is 35.2 Å². The number of amides is 1. The fraction of sp³-hybridized carbons (Fsp3) is 0.308. The average molecular weight is 270 g/mol. The average Bonchev–Trinajstić information content (AvgIpc) is 3.06. The van der Waals surface area contributed by atoms with Crippen molar-refractivity contribution in [3.63, 3.8) is 0 Å². The topological polar surface area (TPSA) is 29.1 Å². The molecule has 0 atom stereocenters. The molecule has 1 aliphatic carbocycles. The molecule has 0 aliphatic heterocycles. The van der Waals surface area contributed by atoms with Gasteiger partial charge in [0.25, 0.3) is 0 Å².